The normalized spacial score (nSPS) is 10.9. The van der Waals surface area contributed by atoms with Gasteiger partial charge in [0.05, 0.1) is 30.7 Å². The highest BCUT2D eigenvalue weighted by Crippen LogP contribution is 2.31. The lowest BCUT2D eigenvalue weighted by atomic mass is 9.98. The van der Waals surface area contributed by atoms with Crippen LogP contribution < -0.4 is 10.5 Å². The Hall–Kier alpha value is -4.82. The van der Waals surface area contributed by atoms with Crippen molar-refractivity contribution in [3.05, 3.63) is 98.9 Å². The van der Waals surface area contributed by atoms with Gasteiger partial charge in [0.15, 0.2) is 5.82 Å². The summed E-state index contributed by atoms with van der Waals surface area (Å²) in [5.74, 6) is -0.212. The molecule has 0 saturated carbocycles. The zero-order chi connectivity index (χ0) is 24.2. The van der Waals surface area contributed by atoms with Crippen molar-refractivity contribution in [2.24, 2.45) is 5.11 Å². The molecule has 5 aromatic rings. The Bertz CT molecular complexity index is 1590. The van der Waals surface area contributed by atoms with Crippen LogP contribution in [0.4, 0.5) is 0 Å². The van der Waals surface area contributed by atoms with Gasteiger partial charge in [0.2, 0.25) is 0 Å². The fourth-order valence-corrected chi connectivity index (χ4v) is 4.12. The van der Waals surface area contributed by atoms with Crippen LogP contribution in [0.25, 0.3) is 44.0 Å². The molecule has 5 rings (SSSR count). The summed E-state index contributed by atoms with van der Waals surface area (Å²) in [5, 5.41) is 7.57. The average Bonchev–Trinajstić information content (AvgIpc) is 3.47. The second-order valence-electron chi connectivity index (χ2n) is 7.77. The van der Waals surface area contributed by atoms with E-state index in [1.54, 1.807) is 0 Å². The number of para-hydroxylation sites is 1. The lowest BCUT2D eigenvalue weighted by molar-refractivity contribution is 0.301. The number of hydrogen-bond donors (Lipinski definition) is 1. The molecule has 0 aliphatic carbocycles. The van der Waals surface area contributed by atoms with E-state index >= 15 is 0 Å². The van der Waals surface area contributed by atoms with E-state index in [4.69, 9.17) is 10.3 Å². The van der Waals surface area contributed by atoms with Gasteiger partial charge in [-0.1, -0.05) is 70.9 Å². The molecule has 3 aromatic carbocycles. The van der Waals surface area contributed by atoms with Crippen LogP contribution in [0.5, 0.6) is 6.01 Å². The van der Waals surface area contributed by atoms with Crippen LogP contribution in [0.3, 0.4) is 0 Å². The van der Waals surface area contributed by atoms with Crippen molar-refractivity contribution in [1.82, 2.24) is 19.7 Å². The van der Waals surface area contributed by atoms with E-state index in [1.807, 2.05) is 78.2 Å². The molecular weight excluding hydrogens is 446 g/mol. The van der Waals surface area contributed by atoms with E-state index in [0.29, 0.717) is 25.0 Å². The monoisotopic (exact) mass is 467 g/mol. The van der Waals surface area contributed by atoms with Crippen molar-refractivity contribution in [2.45, 2.75) is 20.0 Å². The number of nitrogens with one attached hydrogen (secondary N) is 1. The average molecular weight is 467 g/mol. The van der Waals surface area contributed by atoms with E-state index in [-0.39, 0.29) is 6.54 Å². The maximum Gasteiger partial charge on any atom is 0.439 e. The van der Waals surface area contributed by atoms with Gasteiger partial charge in [-0.25, -0.2) is 4.79 Å². The number of azide groups is 1. The molecule has 0 aliphatic heterocycles. The number of ether oxygens (including phenoxy) is 1. The molecule has 2 aromatic heterocycles. The van der Waals surface area contributed by atoms with Gasteiger partial charge >= 0.3 is 5.76 Å². The van der Waals surface area contributed by atoms with Crippen molar-refractivity contribution in [1.29, 1.82) is 0 Å². The molecule has 10 nitrogen and oxygen atoms in total. The molecule has 35 heavy (non-hydrogen) atoms. The second kappa shape index (κ2) is 9.58. The minimum absolute atomic E-state index is 0.227. The third-order valence-corrected chi connectivity index (χ3v) is 5.62. The number of imidazole rings is 1. The van der Waals surface area contributed by atoms with E-state index in [0.717, 1.165) is 38.9 Å². The molecule has 0 unspecified atom stereocenters. The summed E-state index contributed by atoms with van der Waals surface area (Å²) in [7, 11) is 0. The molecule has 2 heterocycles. The molecule has 0 aliphatic rings. The Morgan fingerprint density at radius 2 is 1.89 bits per heavy atom. The highest BCUT2D eigenvalue weighted by atomic mass is 16.5. The number of H-pyrrole nitrogens is 1. The standard InChI is InChI=1S/C25H21N7O3/c1-2-34-24-28-21-9-5-6-18(14-27-31-26)22(21)32(24)15-16-10-12-17(13-11-16)19-7-3-4-8-20(19)23-29-25(33)35-30-23/h3-13H,2,14-15H2,1H3,(H,29,30,33). The summed E-state index contributed by atoms with van der Waals surface area (Å²) in [4.78, 5) is 21.6. The van der Waals surface area contributed by atoms with Gasteiger partial charge in [-0.05, 0) is 40.8 Å². The number of rotatable bonds is 8. The molecule has 0 radical (unpaired) electrons. The fraction of sp³-hybridized carbons (Fsp3) is 0.160. The number of aromatic nitrogens is 4. The quantitative estimate of drug-likeness (QED) is 0.188. The largest absolute Gasteiger partial charge is 0.465 e. The Kier molecular flexibility index (Phi) is 6.02. The van der Waals surface area contributed by atoms with Crippen LogP contribution in [0, 0.1) is 0 Å². The van der Waals surface area contributed by atoms with E-state index in [9.17, 15) is 4.79 Å². The Labute approximate surface area is 199 Å². The Morgan fingerprint density at radius 1 is 1.09 bits per heavy atom. The molecule has 0 atom stereocenters. The summed E-state index contributed by atoms with van der Waals surface area (Å²) >= 11 is 0. The molecule has 1 N–H and O–H groups in total. The van der Waals surface area contributed by atoms with Crippen molar-refractivity contribution in [3.63, 3.8) is 0 Å². The lowest BCUT2D eigenvalue weighted by Gasteiger charge is -2.12. The summed E-state index contributed by atoms with van der Waals surface area (Å²) < 4.78 is 12.5. The molecule has 0 bridgehead atoms. The van der Waals surface area contributed by atoms with Crippen LogP contribution in [-0.2, 0) is 13.1 Å². The maximum atomic E-state index is 11.4. The third kappa shape index (κ3) is 4.38. The predicted octanol–water partition coefficient (Wildman–Crippen LogP) is 5.30. The zero-order valence-corrected chi connectivity index (χ0v) is 18.9. The van der Waals surface area contributed by atoms with Crippen molar-refractivity contribution in [3.8, 4) is 28.5 Å². The van der Waals surface area contributed by atoms with Gasteiger partial charge < -0.3 is 4.74 Å². The molecule has 174 valence electrons. The number of fused-ring (bicyclic) bond motifs is 1. The lowest BCUT2D eigenvalue weighted by Crippen LogP contribution is -2.06. The first kappa shape index (κ1) is 22.0. The number of aromatic amines is 1. The number of benzene rings is 3. The SMILES string of the molecule is CCOc1nc2cccc(CN=[N+]=[N-])c2n1Cc1ccc(-c2ccccc2-c2noc(=O)[nH]2)cc1. The van der Waals surface area contributed by atoms with Gasteiger partial charge in [0.25, 0.3) is 6.01 Å². The van der Waals surface area contributed by atoms with Crippen LogP contribution in [0.2, 0.25) is 0 Å². The van der Waals surface area contributed by atoms with Gasteiger partial charge in [-0.3, -0.25) is 14.1 Å². The van der Waals surface area contributed by atoms with Crippen molar-refractivity contribution >= 4 is 11.0 Å². The second-order valence-corrected chi connectivity index (χ2v) is 7.77. The van der Waals surface area contributed by atoms with Crippen LogP contribution in [0.1, 0.15) is 18.1 Å². The first-order chi connectivity index (χ1) is 17.2. The fourth-order valence-electron chi connectivity index (χ4n) is 4.12. The Morgan fingerprint density at radius 3 is 2.60 bits per heavy atom. The number of nitrogens with zero attached hydrogens (tertiary/aromatic N) is 6. The van der Waals surface area contributed by atoms with E-state index in [2.05, 4.69) is 29.7 Å². The van der Waals surface area contributed by atoms with Gasteiger partial charge in [-0.15, -0.1) is 0 Å². The molecular formula is C25H21N7O3. The highest BCUT2D eigenvalue weighted by molar-refractivity contribution is 5.81. The van der Waals surface area contributed by atoms with E-state index in [1.165, 1.54) is 0 Å². The Balaban J connectivity index is 1.51. The third-order valence-electron chi connectivity index (χ3n) is 5.62. The molecule has 0 saturated heterocycles. The first-order valence-electron chi connectivity index (χ1n) is 11.0. The smallest absolute Gasteiger partial charge is 0.439 e. The minimum Gasteiger partial charge on any atom is -0.465 e. The molecule has 0 amide bonds. The van der Waals surface area contributed by atoms with E-state index < -0.39 is 5.76 Å². The van der Waals surface area contributed by atoms with Crippen LogP contribution in [-0.4, -0.2) is 26.3 Å². The summed E-state index contributed by atoms with van der Waals surface area (Å²) in [6.07, 6.45) is 0. The summed E-state index contributed by atoms with van der Waals surface area (Å²) in [6.45, 7) is 3.15. The van der Waals surface area contributed by atoms with Crippen LogP contribution in [0.15, 0.2) is 81.2 Å². The topological polar surface area (TPSA) is 135 Å². The molecule has 0 spiro atoms. The predicted molar refractivity (Wildman–Crippen MR) is 131 cm³/mol. The minimum atomic E-state index is -0.595. The molecule has 0 fully saturated rings. The van der Waals surface area contributed by atoms with Gasteiger partial charge in [0.1, 0.15) is 0 Å². The first-order valence-corrected chi connectivity index (χ1v) is 11.0. The van der Waals surface area contributed by atoms with Crippen molar-refractivity contribution < 1.29 is 9.26 Å². The van der Waals surface area contributed by atoms with Crippen LogP contribution >= 0.6 is 0 Å². The highest BCUT2D eigenvalue weighted by Gasteiger charge is 2.16. The number of hydrogen-bond acceptors (Lipinski definition) is 6. The van der Waals surface area contributed by atoms with Crippen molar-refractivity contribution in [2.75, 3.05) is 6.61 Å². The van der Waals surface area contributed by atoms with Gasteiger partial charge in [-0.2, -0.15) is 4.98 Å². The summed E-state index contributed by atoms with van der Waals surface area (Å²) in [5.41, 5.74) is 15.0. The summed E-state index contributed by atoms with van der Waals surface area (Å²) in [6, 6.07) is 22.0. The maximum absolute atomic E-state index is 11.4. The zero-order valence-electron chi connectivity index (χ0n) is 18.9. The molecule has 10 heteroatoms. The van der Waals surface area contributed by atoms with Gasteiger partial charge in [0, 0.05) is 10.5 Å².